The van der Waals surface area contributed by atoms with E-state index >= 15 is 0 Å². The number of hydrogen-bond donors (Lipinski definition) is 3. The third kappa shape index (κ3) is 4.09. The zero-order chi connectivity index (χ0) is 14.7. The van der Waals surface area contributed by atoms with E-state index in [1.54, 1.807) is 0 Å². The van der Waals surface area contributed by atoms with Gasteiger partial charge in [-0.1, -0.05) is 0 Å². The van der Waals surface area contributed by atoms with Crippen LogP contribution >= 0.6 is 11.8 Å². The van der Waals surface area contributed by atoms with Gasteiger partial charge in [0.25, 0.3) is 5.56 Å². The van der Waals surface area contributed by atoms with Crippen LogP contribution in [0.5, 0.6) is 0 Å². The molecule has 0 aromatic carbocycles. The van der Waals surface area contributed by atoms with Crippen molar-refractivity contribution in [3.63, 3.8) is 0 Å². The second-order valence-corrected chi connectivity index (χ2v) is 5.69. The van der Waals surface area contributed by atoms with Gasteiger partial charge < -0.3 is 15.4 Å². The lowest BCUT2D eigenvalue weighted by molar-refractivity contribution is -0.140. The molecule has 7 nitrogen and oxygen atoms in total. The Morgan fingerprint density at radius 1 is 1.60 bits per heavy atom. The number of carboxylic acid groups (broad SMARTS) is 1. The lowest BCUT2D eigenvalue weighted by Gasteiger charge is -2.12. The van der Waals surface area contributed by atoms with Crippen LogP contribution in [0.15, 0.2) is 15.9 Å². The zero-order valence-electron chi connectivity index (χ0n) is 10.9. The largest absolute Gasteiger partial charge is 0.480 e. The number of carbonyl (C=O) groups excluding carboxylic acids is 1. The van der Waals surface area contributed by atoms with Crippen molar-refractivity contribution in [1.82, 2.24) is 15.3 Å². The second kappa shape index (κ2) is 6.08. The summed E-state index contributed by atoms with van der Waals surface area (Å²) in [5.74, 6) is -0.425. The van der Waals surface area contributed by atoms with E-state index in [1.165, 1.54) is 13.0 Å². The van der Waals surface area contributed by atoms with Crippen molar-refractivity contribution in [3.8, 4) is 0 Å². The molecule has 3 N–H and O–H groups in total. The highest BCUT2D eigenvalue weighted by Crippen LogP contribution is 2.37. The topological polar surface area (TPSA) is 112 Å². The van der Waals surface area contributed by atoms with Crippen LogP contribution in [0.2, 0.25) is 0 Å². The third-order valence-corrected chi connectivity index (χ3v) is 3.78. The van der Waals surface area contributed by atoms with Gasteiger partial charge in [0.2, 0.25) is 5.91 Å². The summed E-state index contributed by atoms with van der Waals surface area (Å²) in [4.78, 5) is 40.4. The average Bonchev–Trinajstić information content (AvgIpc) is 3.17. The monoisotopic (exact) mass is 297 g/mol. The summed E-state index contributed by atoms with van der Waals surface area (Å²) in [5, 5.41) is 11.8. The average molecular weight is 297 g/mol. The van der Waals surface area contributed by atoms with Crippen LogP contribution in [-0.2, 0) is 9.59 Å². The standard InChI is InChI=1S/C12H15N3O4S/c1-6(16)13-8(12(18)19)5-20-10-4-9(17)14-11(15-10)7-2-3-7/h4,7-8H,2-3,5H2,1H3,(H,13,16)(H,18,19)(H,14,15,17). The summed E-state index contributed by atoms with van der Waals surface area (Å²) in [6, 6.07) is 0.339. The summed E-state index contributed by atoms with van der Waals surface area (Å²) in [6.07, 6.45) is 2.03. The van der Waals surface area contributed by atoms with Crippen molar-refractivity contribution < 1.29 is 14.7 Å². The molecule has 2 rings (SSSR count). The molecule has 108 valence electrons. The van der Waals surface area contributed by atoms with E-state index in [4.69, 9.17) is 5.11 Å². The van der Waals surface area contributed by atoms with Gasteiger partial charge >= 0.3 is 5.97 Å². The Morgan fingerprint density at radius 2 is 2.30 bits per heavy atom. The van der Waals surface area contributed by atoms with Crippen LogP contribution in [-0.4, -0.2) is 38.7 Å². The van der Waals surface area contributed by atoms with Crippen molar-refractivity contribution in [2.45, 2.75) is 36.8 Å². The first-order chi connectivity index (χ1) is 9.45. The van der Waals surface area contributed by atoms with Gasteiger partial charge in [-0.05, 0) is 12.8 Å². The molecule has 0 radical (unpaired) electrons. The minimum Gasteiger partial charge on any atom is -0.480 e. The van der Waals surface area contributed by atoms with Crippen LogP contribution in [0.1, 0.15) is 31.5 Å². The maximum Gasteiger partial charge on any atom is 0.327 e. The Balaban J connectivity index is 2.03. The van der Waals surface area contributed by atoms with Crippen molar-refractivity contribution in [2.75, 3.05) is 5.75 Å². The molecule has 0 aliphatic heterocycles. The summed E-state index contributed by atoms with van der Waals surface area (Å²) in [7, 11) is 0. The normalized spacial score (nSPS) is 15.7. The van der Waals surface area contributed by atoms with Crippen molar-refractivity contribution in [3.05, 3.63) is 22.2 Å². The Labute approximate surface area is 119 Å². The smallest absolute Gasteiger partial charge is 0.327 e. The van der Waals surface area contributed by atoms with Crippen molar-refractivity contribution >= 4 is 23.6 Å². The van der Waals surface area contributed by atoms with E-state index < -0.39 is 17.9 Å². The number of nitrogens with one attached hydrogen (secondary N) is 2. The fraction of sp³-hybridized carbons (Fsp3) is 0.500. The number of H-pyrrole nitrogens is 1. The number of aliphatic carboxylic acids is 1. The Hall–Kier alpha value is -1.83. The van der Waals surface area contributed by atoms with Gasteiger partial charge in [-0.15, -0.1) is 11.8 Å². The van der Waals surface area contributed by atoms with E-state index in [1.807, 2.05) is 0 Å². The summed E-state index contributed by atoms with van der Waals surface area (Å²) < 4.78 is 0. The van der Waals surface area contributed by atoms with Gasteiger partial charge in [0, 0.05) is 24.7 Å². The fourth-order valence-corrected chi connectivity index (χ4v) is 2.58. The molecule has 1 unspecified atom stereocenters. The number of amides is 1. The minimum absolute atomic E-state index is 0.121. The first kappa shape index (κ1) is 14.6. The molecule has 0 bridgehead atoms. The molecule has 8 heteroatoms. The van der Waals surface area contributed by atoms with Crippen LogP contribution < -0.4 is 10.9 Å². The van der Waals surface area contributed by atoms with Crippen molar-refractivity contribution in [2.24, 2.45) is 0 Å². The zero-order valence-corrected chi connectivity index (χ0v) is 11.7. The number of aromatic amines is 1. The highest BCUT2D eigenvalue weighted by Gasteiger charge is 2.26. The number of carbonyl (C=O) groups is 2. The lowest BCUT2D eigenvalue weighted by Crippen LogP contribution is -2.41. The first-order valence-electron chi connectivity index (χ1n) is 6.19. The number of rotatable bonds is 6. The van der Waals surface area contributed by atoms with E-state index in [-0.39, 0.29) is 11.3 Å². The van der Waals surface area contributed by atoms with Gasteiger partial charge in [0.1, 0.15) is 16.9 Å². The molecule has 1 heterocycles. The number of hydrogen-bond acceptors (Lipinski definition) is 5. The fourth-order valence-electron chi connectivity index (χ4n) is 1.67. The molecule has 0 saturated heterocycles. The minimum atomic E-state index is -1.11. The van der Waals surface area contributed by atoms with Crippen LogP contribution in [0, 0.1) is 0 Å². The number of aromatic nitrogens is 2. The van der Waals surface area contributed by atoms with E-state index in [2.05, 4.69) is 15.3 Å². The van der Waals surface area contributed by atoms with Gasteiger partial charge in [0.05, 0.1) is 0 Å². The molecule has 1 aromatic heterocycles. The van der Waals surface area contributed by atoms with E-state index in [0.29, 0.717) is 16.8 Å². The molecule has 1 saturated carbocycles. The molecular weight excluding hydrogens is 282 g/mol. The van der Waals surface area contributed by atoms with Gasteiger partial charge in [-0.2, -0.15) is 0 Å². The summed E-state index contributed by atoms with van der Waals surface area (Å²) in [5.41, 5.74) is -0.240. The van der Waals surface area contributed by atoms with E-state index in [9.17, 15) is 14.4 Å². The van der Waals surface area contributed by atoms with Gasteiger partial charge in [-0.3, -0.25) is 9.59 Å². The molecule has 1 aliphatic carbocycles. The predicted octanol–water partition coefficient (Wildman–Crippen LogP) is 0.329. The molecule has 1 atom stereocenters. The van der Waals surface area contributed by atoms with Gasteiger partial charge in [0.15, 0.2) is 0 Å². The summed E-state index contributed by atoms with van der Waals surface area (Å²) in [6.45, 7) is 1.26. The molecular formula is C12H15N3O4S. The molecule has 1 fully saturated rings. The maximum absolute atomic E-state index is 11.5. The molecule has 0 spiro atoms. The third-order valence-electron chi connectivity index (χ3n) is 2.77. The molecule has 1 aromatic rings. The first-order valence-corrected chi connectivity index (χ1v) is 7.18. The number of nitrogens with zero attached hydrogens (tertiary/aromatic N) is 1. The Kier molecular flexibility index (Phi) is 4.43. The number of carboxylic acids is 1. The van der Waals surface area contributed by atoms with Gasteiger partial charge in [-0.25, -0.2) is 9.78 Å². The SMILES string of the molecule is CC(=O)NC(CSc1cc(=O)[nH]c(C2CC2)n1)C(=O)O. The van der Waals surface area contributed by atoms with E-state index in [0.717, 1.165) is 24.6 Å². The number of thioether (sulfide) groups is 1. The maximum atomic E-state index is 11.5. The quantitative estimate of drug-likeness (QED) is 0.515. The van der Waals surface area contributed by atoms with Crippen LogP contribution in [0.4, 0.5) is 0 Å². The summed E-state index contributed by atoms with van der Waals surface area (Å²) >= 11 is 1.15. The Bertz CT molecular complexity index is 582. The predicted molar refractivity (Wildman–Crippen MR) is 72.8 cm³/mol. The van der Waals surface area contributed by atoms with Crippen LogP contribution in [0.3, 0.4) is 0 Å². The molecule has 20 heavy (non-hydrogen) atoms. The molecule has 1 amide bonds. The Morgan fingerprint density at radius 3 is 2.85 bits per heavy atom. The second-order valence-electron chi connectivity index (χ2n) is 4.65. The van der Waals surface area contributed by atoms with Crippen LogP contribution in [0.25, 0.3) is 0 Å². The molecule has 1 aliphatic rings. The van der Waals surface area contributed by atoms with Crippen molar-refractivity contribution in [1.29, 1.82) is 0 Å². The highest BCUT2D eigenvalue weighted by molar-refractivity contribution is 7.99. The lowest BCUT2D eigenvalue weighted by atomic mass is 10.3. The highest BCUT2D eigenvalue weighted by atomic mass is 32.2.